The third-order valence-electron chi connectivity index (χ3n) is 11.2. The molecule has 4 saturated carbocycles. The quantitative estimate of drug-likeness (QED) is 0.191. The van der Waals surface area contributed by atoms with E-state index in [1.807, 2.05) is 11.8 Å². The van der Waals surface area contributed by atoms with Gasteiger partial charge in [-0.3, -0.25) is 0 Å². The van der Waals surface area contributed by atoms with Gasteiger partial charge in [0, 0.05) is 5.25 Å². The number of esters is 1. The van der Waals surface area contributed by atoms with E-state index in [-0.39, 0.29) is 17.6 Å². The van der Waals surface area contributed by atoms with E-state index in [1.165, 1.54) is 96.3 Å². The van der Waals surface area contributed by atoms with Crippen LogP contribution in [0.25, 0.3) is 0 Å². The van der Waals surface area contributed by atoms with E-state index < -0.39 is 0 Å². The first-order chi connectivity index (χ1) is 18.5. The molecule has 5 heteroatoms. The van der Waals surface area contributed by atoms with Crippen LogP contribution in [0.4, 0.5) is 0 Å². The molecule has 0 N–H and O–H groups in total. The summed E-state index contributed by atoms with van der Waals surface area (Å²) in [7, 11) is 0. The van der Waals surface area contributed by atoms with Crippen molar-refractivity contribution in [1.29, 1.82) is 5.26 Å². The standard InChI is InChI=1S/C33H51NO2S2/c1-22-3-7-24(8-4-22)26-11-13-28(14-12-26)31-19-20-37-33(38-31)30(21-34)32(35)36-29-17-15-27(16-18-29)25-9-5-23(2)6-10-25/h22-29,31H,3-20H2,1-2H3/b33-30-. The van der Waals surface area contributed by atoms with Crippen LogP contribution in [0.15, 0.2) is 9.81 Å². The highest BCUT2D eigenvalue weighted by atomic mass is 32.2. The van der Waals surface area contributed by atoms with Gasteiger partial charge in [0.15, 0.2) is 5.57 Å². The molecule has 5 rings (SSSR count). The molecule has 0 aromatic rings. The monoisotopic (exact) mass is 557 g/mol. The lowest BCUT2D eigenvalue weighted by molar-refractivity contribution is -0.145. The molecule has 0 spiro atoms. The molecule has 4 aliphatic carbocycles. The number of rotatable bonds is 5. The smallest absolute Gasteiger partial charge is 0.350 e. The molecular weight excluding hydrogens is 507 g/mol. The molecule has 1 unspecified atom stereocenters. The third-order valence-corrected chi connectivity index (χ3v) is 14.1. The molecular formula is C33H51NO2S2. The van der Waals surface area contributed by atoms with E-state index in [1.54, 1.807) is 11.8 Å². The zero-order chi connectivity index (χ0) is 26.5. The number of carbonyl (C=O) groups excluding carboxylic acids is 1. The van der Waals surface area contributed by atoms with E-state index in [2.05, 4.69) is 19.9 Å². The van der Waals surface area contributed by atoms with E-state index in [0.717, 1.165) is 64.3 Å². The lowest BCUT2D eigenvalue weighted by Gasteiger charge is -2.40. The lowest BCUT2D eigenvalue weighted by atomic mass is 9.69. The topological polar surface area (TPSA) is 50.1 Å². The summed E-state index contributed by atoms with van der Waals surface area (Å²) >= 11 is 3.55. The Morgan fingerprint density at radius 2 is 1.13 bits per heavy atom. The Morgan fingerprint density at radius 1 is 0.684 bits per heavy atom. The summed E-state index contributed by atoms with van der Waals surface area (Å²) in [4.78, 5) is 13.2. The van der Waals surface area contributed by atoms with Crippen molar-refractivity contribution in [3.05, 3.63) is 9.81 Å². The first-order valence-electron chi connectivity index (χ1n) is 16.1. The third kappa shape index (κ3) is 7.37. The highest BCUT2D eigenvalue weighted by Gasteiger charge is 2.36. The van der Waals surface area contributed by atoms with Crippen LogP contribution < -0.4 is 0 Å². The van der Waals surface area contributed by atoms with Gasteiger partial charge in [0.2, 0.25) is 0 Å². The minimum Gasteiger partial charge on any atom is -0.458 e. The summed E-state index contributed by atoms with van der Waals surface area (Å²) in [5.41, 5.74) is 0.290. The second-order valence-electron chi connectivity index (χ2n) is 13.7. The fourth-order valence-corrected chi connectivity index (χ4v) is 11.6. The van der Waals surface area contributed by atoms with Crippen LogP contribution in [0, 0.1) is 52.8 Å². The van der Waals surface area contributed by atoms with Crippen LogP contribution in [0.2, 0.25) is 0 Å². The minimum atomic E-state index is -0.353. The van der Waals surface area contributed by atoms with Crippen LogP contribution in [-0.4, -0.2) is 23.1 Å². The Kier molecular flexibility index (Phi) is 10.5. The van der Waals surface area contributed by atoms with Gasteiger partial charge in [-0.1, -0.05) is 39.5 Å². The van der Waals surface area contributed by atoms with Gasteiger partial charge in [0.1, 0.15) is 12.2 Å². The van der Waals surface area contributed by atoms with Crippen LogP contribution >= 0.6 is 23.5 Å². The molecule has 3 nitrogen and oxygen atoms in total. The van der Waals surface area contributed by atoms with Crippen molar-refractivity contribution in [2.75, 3.05) is 5.75 Å². The molecule has 0 radical (unpaired) electrons. The summed E-state index contributed by atoms with van der Waals surface area (Å²) in [6.07, 6.45) is 22.3. The zero-order valence-electron chi connectivity index (χ0n) is 24.0. The van der Waals surface area contributed by atoms with E-state index in [4.69, 9.17) is 4.74 Å². The maximum absolute atomic E-state index is 13.2. The molecule has 5 fully saturated rings. The molecule has 1 aliphatic heterocycles. The normalized spacial score (nSPS) is 42.1. The van der Waals surface area contributed by atoms with Gasteiger partial charge in [-0.25, -0.2) is 4.79 Å². The predicted octanol–water partition coefficient (Wildman–Crippen LogP) is 9.52. The molecule has 0 bridgehead atoms. The number of thioether (sulfide) groups is 2. The van der Waals surface area contributed by atoms with E-state index in [0.29, 0.717) is 5.25 Å². The predicted molar refractivity (Wildman–Crippen MR) is 161 cm³/mol. The Balaban J connectivity index is 1.09. The Bertz CT molecular complexity index is 849. The molecule has 212 valence electrons. The van der Waals surface area contributed by atoms with Crippen molar-refractivity contribution in [3.8, 4) is 6.07 Å². The van der Waals surface area contributed by atoms with Crippen LogP contribution in [-0.2, 0) is 9.53 Å². The fraction of sp³-hybridized carbons (Fsp3) is 0.879. The second kappa shape index (κ2) is 13.8. The van der Waals surface area contributed by atoms with Crippen molar-refractivity contribution in [3.63, 3.8) is 0 Å². The van der Waals surface area contributed by atoms with Crippen molar-refractivity contribution in [2.24, 2.45) is 41.4 Å². The average Bonchev–Trinajstić information content (AvgIpc) is 2.95. The largest absolute Gasteiger partial charge is 0.458 e. The Morgan fingerprint density at radius 3 is 1.63 bits per heavy atom. The number of ether oxygens (including phenoxy) is 1. The second-order valence-corrected chi connectivity index (χ2v) is 16.3. The minimum absolute atomic E-state index is 0.00217. The first-order valence-corrected chi connectivity index (χ1v) is 18.0. The number of nitriles is 1. The number of nitrogens with zero attached hydrogens (tertiary/aromatic N) is 1. The van der Waals surface area contributed by atoms with Gasteiger partial charge in [-0.2, -0.15) is 5.26 Å². The van der Waals surface area contributed by atoms with Crippen molar-refractivity contribution >= 4 is 29.5 Å². The molecule has 5 aliphatic rings. The summed E-state index contributed by atoms with van der Waals surface area (Å²) in [5, 5.41) is 10.5. The van der Waals surface area contributed by atoms with E-state index in [9.17, 15) is 10.1 Å². The Hall–Kier alpha value is -0.600. The maximum atomic E-state index is 13.2. The molecule has 1 saturated heterocycles. The van der Waals surface area contributed by atoms with Crippen LogP contribution in [0.5, 0.6) is 0 Å². The SMILES string of the molecule is CC1CCC(C2CCC(OC(=O)/C(C#N)=C3/SCCC(C4CCC(C5CCC(C)CC5)CC4)S3)CC2)CC1. The van der Waals surface area contributed by atoms with Gasteiger partial charge in [-0.15, -0.1) is 23.5 Å². The molecule has 0 aromatic carbocycles. The fourth-order valence-electron chi connectivity index (χ4n) is 8.53. The lowest BCUT2D eigenvalue weighted by Crippen LogP contribution is -2.30. The highest BCUT2D eigenvalue weighted by molar-refractivity contribution is 8.23. The highest BCUT2D eigenvalue weighted by Crippen LogP contribution is 2.50. The van der Waals surface area contributed by atoms with Crippen molar-refractivity contribution in [1.82, 2.24) is 0 Å². The Labute approximate surface area is 241 Å². The van der Waals surface area contributed by atoms with Gasteiger partial charge in [0.25, 0.3) is 0 Å². The maximum Gasteiger partial charge on any atom is 0.350 e. The van der Waals surface area contributed by atoms with Gasteiger partial charge >= 0.3 is 5.97 Å². The van der Waals surface area contributed by atoms with Gasteiger partial charge in [0.05, 0.1) is 4.24 Å². The van der Waals surface area contributed by atoms with Crippen LogP contribution in [0.1, 0.15) is 123 Å². The molecule has 1 atom stereocenters. The summed E-state index contributed by atoms with van der Waals surface area (Å²) in [6, 6.07) is 2.27. The van der Waals surface area contributed by atoms with Gasteiger partial charge in [-0.05, 0) is 131 Å². The van der Waals surface area contributed by atoms with Crippen LogP contribution in [0.3, 0.4) is 0 Å². The molecule has 1 heterocycles. The number of hydrogen-bond donors (Lipinski definition) is 0. The van der Waals surface area contributed by atoms with Crippen molar-refractivity contribution in [2.45, 2.75) is 134 Å². The number of carbonyl (C=O) groups is 1. The molecule has 0 aromatic heterocycles. The molecule has 0 amide bonds. The zero-order valence-corrected chi connectivity index (χ0v) is 25.6. The first kappa shape index (κ1) is 28.9. The summed E-state index contributed by atoms with van der Waals surface area (Å²) in [5.74, 6) is 6.86. The summed E-state index contributed by atoms with van der Waals surface area (Å²) in [6.45, 7) is 4.81. The van der Waals surface area contributed by atoms with Crippen molar-refractivity contribution < 1.29 is 9.53 Å². The number of hydrogen-bond acceptors (Lipinski definition) is 5. The average molecular weight is 558 g/mol. The van der Waals surface area contributed by atoms with E-state index >= 15 is 0 Å². The summed E-state index contributed by atoms with van der Waals surface area (Å²) < 4.78 is 6.92. The molecule has 38 heavy (non-hydrogen) atoms. The van der Waals surface area contributed by atoms with Gasteiger partial charge < -0.3 is 4.74 Å².